The molecule has 14 N–H and O–H groups in total. The van der Waals surface area contributed by atoms with E-state index in [2.05, 4.69) is 37.6 Å². The molecule has 31 heteroatoms. The number of unbranched alkanes of at least 4 members (excludes halogenated alkanes) is 16. The molecule has 0 bridgehead atoms. The number of hydrogen-bond acceptors (Lipinski definition) is 21. The van der Waals surface area contributed by atoms with Gasteiger partial charge in [0, 0.05) is 6.54 Å². The van der Waals surface area contributed by atoms with E-state index < -0.39 is 155 Å². The average molecular weight is 1180 g/mol. The molecular weight excluding hydrogens is 1090 g/mol. The van der Waals surface area contributed by atoms with E-state index in [0.29, 0.717) is 12.8 Å². The SMILES string of the molecule is CCCCCCCCCCC[C@@H](O)CC(=O)NC1[C@@H](OP(=O)(O)OP(=O)(O)CCC)OC(CO[C@@H]2OC(CO)[C@@H](OP(=O)(O)OP(=O)(O)OCCN)[C@H](O)C2NC(=O)C[C@H](O)CCCCCCCCCCC)[C@@H](O)[C@@H]1O. The molecule has 2 saturated heterocycles. The van der Waals surface area contributed by atoms with Crippen molar-refractivity contribution in [2.75, 3.05) is 32.5 Å². The first-order valence-electron chi connectivity index (χ1n) is 26.8. The van der Waals surface area contributed by atoms with Crippen molar-refractivity contribution in [2.45, 2.75) is 242 Å². The summed E-state index contributed by atoms with van der Waals surface area (Å²) in [5.41, 5.74) is 5.25. The Hall–Kier alpha value is -0.900. The Labute approximate surface area is 447 Å². The van der Waals surface area contributed by atoms with Crippen LogP contribution in [-0.2, 0) is 64.3 Å². The Kier molecular flexibility index (Phi) is 34.9. The Balaban J connectivity index is 2.34. The monoisotopic (exact) mass is 1180 g/mol. The largest absolute Gasteiger partial charge is 0.481 e. The number of ether oxygens (including phenoxy) is 3. The van der Waals surface area contributed by atoms with Gasteiger partial charge in [-0.2, -0.15) is 4.31 Å². The van der Waals surface area contributed by atoms with Crippen molar-refractivity contribution in [1.82, 2.24) is 10.6 Å². The molecule has 27 nitrogen and oxygen atoms in total. The van der Waals surface area contributed by atoms with Crippen LogP contribution in [0.4, 0.5) is 0 Å². The highest BCUT2D eigenvalue weighted by atomic mass is 31.3. The van der Waals surface area contributed by atoms with E-state index in [9.17, 15) is 78.1 Å². The Bertz CT molecular complexity index is 1830. The second-order valence-electron chi connectivity index (χ2n) is 19.4. The summed E-state index contributed by atoms with van der Waals surface area (Å²) in [6.07, 6.45) is -1.99. The topological polar surface area (TPSA) is 429 Å². The summed E-state index contributed by atoms with van der Waals surface area (Å²) in [5, 5.41) is 70.9. The summed E-state index contributed by atoms with van der Waals surface area (Å²) >= 11 is 0. The van der Waals surface area contributed by atoms with Gasteiger partial charge in [-0.1, -0.05) is 136 Å². The first-order valence-corrected chi connectivity index (χ1v) is 33.0. The number of carbonyl (C=O) groups is 2. The van der Waals surface area contributed by atoms with Crippen LogP contribution in [0.2, 0.25) is 0 Å². The van der Waals surface area contributed by atoms with Gasteiger partial charge in [-0.15, -0.1) is 0 Å². The zero-order valence-corrected chi connectivity index (χ0v) is 47.9. The first-order chi connectivity index (χ1) is 35.8. The van der Waals surface area contributed by atoms with E-state index in [1.807, 2.05) is 0 Å². The second-order valence-corrected chi connectivity index (χ2v) is 26.0. The number of rotatable bonds is 43. The van der Waals surface area contributed by atoms with Gasteiger partial charge < -0.3 is 80.8 Å². The predicted molar refractivity (Wildman–Crippen MR) is 275 cm³/mol. The maximum absolute atomic E-state index is 13.5. The minimum absolute atomic E-state index is 0.0312. The van der Waals surface area contributed by atoms with Gasteiger partial charge in [-0.3, -0.25) is 27.7 Å². The quantitative estimate of drug-likeness (QED) is 0.0301. The van der Waals surface area contributed by atoms with Crippen LogP contribution in [0.1, 0.15) is 168 Å². The lowest BCUT2D eigenvalue weighted by Gasteiger charge is -2.45. The van der Waals surface area contributed by atoms with Gasteiger partial charge >= 0.3 is 31.1 Å². The first kappa shape index (κ1) is 71.2. The van der Waals surface area contributed by atoms with Gasteiger partial charge in [-0.25, -0.2) is 18.0 Å². The number of carbonyl (C=O) groups excluding carboxylic acids is 2. The van der Waals surface area contributed by atoms with E-state index in [-0.39, 0.29) is 25.8 Å². The van der Waals surface area contributed by atoms with Gasteiger partial charge in [-0.05, 0) is 19.3 Å². The lowest BCUT2D eigenvalue weighted by atomic mass is 9.95. The van der Waals surface area contributed by atoms with Crippen LogP contribution in [0.3, 0.4) is 0 Å². The highest BCUT2D eigenvalue weighted by Gasteiger charge is 2.53. The smallest absolute Gasteiger partial charge is 0.394 e. The van der Waals surface area contributed by atoms with Crippen molar-refractivity contribution in [2.24, 2.45) is 5.73 Å². The second kappa shape index (κ2) is 37.3. The van der Waals surface area contributed by atoms with Gasteiger partial charge in [0.2, 0.25) is 11.8 Å². The summed E-state index contributed by atoms with van der Waals surface area (Å²) < 4.78 is 91.9. The van der Waals surface area contributed by atoms with Gasteiger partial charge in [0.25, 0.3) is 0 Å². The standard InChI is InChI=1S/C45H91N3O24P4/c1-4-7-9-11-13-15-17-19-21-23-32(50)28-36(52)47-38-41(55)40(54)35(68-45(38)70-76(63,64)71-73(57,58)27-6-3)31-65-44-39(48-37(53)29-33(51)24-22-20-18-16-14-12-10-8-5-2)42(56)43(34(30-49)67-44)69-75(61,62)72-74(59,60)66-26-25-46/h32-35,38-45,49-51,54-56H,4-31,46H2,1-3H3,(H,47,52)(H,48,53)(H,57,58)(H,59,60)(H,61,62)(H,63,64)/t32-,33-,34?,35?,38?,39?,40-,41-,42-,43-,44-,45-/m1/s1. The van der Waals surface area contributed by atoms with E-state index in [1.54, 1.807) is 0 Å². The summed E-state index contributed by atoms with van der Waals surface area (Å²) in [5.74, 6) is -1.85. The predicted octanol–water partition coefficient (Wildman–Crippen LogP) is 4.15. The van der Waals surface area contributed by atoms with Crippen LogP contribution in [0.5, 0.6) is 0 Å². The average Bonchev–Trinajstić information content (AvgIpc) is 3.32. The molecule has 0 saturated carbocycles. The molecule has 2 amide bonds. The molecule has 450 valence electrons. The molecule has 0 spiro atoms. The minimum atomic E-state index is -5.72. The third-order valence-electron chi connectivity index (χ3n) is 12.6. The number of nitrogens with one attached hydrogen (secondary N) is 2. The van der Waals surface area contributed by atoms with Crippen LogP contribution in [0, 0.1) is 0 Å². The number of phosphoric ester groups is 3. The lowest BCUT2D eigenvalue weighted by molar-refractivity contribution is -0.294. The third-order valence-corrected chi connectivity index (χ3v) is 18.6. The maximum Gasteiger partial charge on any atom is 0.481 e. The summed E-state index contributed by atoms with van der Waals surface area (Å²) in [6.45, 7) is 2.75. The molecule has 0 radical (unpaired) electrons. The van der Waals surface area contributed by atoms with E-state index in [1.165, 1.54) is 26.2 Å². The van der Waals surface area contributed by atoms with Crippen molar-refractivity contribution < 1.29 is 114 Å². The normalized spacial score (nSPS) is 28.1. The highest BCUT2D eigenvalue weighted by Crippen LogP contribution is 2.62. The van der Waals surface area contributed by atoms with Crippen LogP contribution < -0.4 is 16.4 Å². The molecule has 8 unspecified atom stereocenters. The molecule has 0 aliphatic carbocycles. The molecule has 2 rings (SSSR count). The molecule has 16 atom stereocenters. The van der Waals surface area contributed by atoms with Crippen LogP contribution >= 0.6 is 31.1 Å². The zero-order valence-electron chi connectivity index (χ0n) is 44.3. The molecule has 2 fully saturated rings. The third kappa shape index (κ3) is 28.7. The lowest BCUT2D eigenvalue weighted by Crippen LogP contribution is -2.67. The molecule has 2 heterocycles. The molecule has 0 aromatic heterocycles. The number of aliphatic hydroxyl groups is 6. The van der Waals surface area contributed by atoms with Crippen molar-refractivity contribution in [3.05, 3.63) is 0 Å². The number of amides is 2. The van der Waals surface area contributed by atoms with Crippen molar-refractivity contribution in [1.29, 1.82) is 0 Å². The van der Waals surface area contributed by atoms with Gasteiger partial charge in [0.05, 0.1) is 51.0 Å². The molecule has 0 aromatic rings. The van der Waals surface area contributed by atoms with Crippen molar-refractivity contribution in [3.63, 3.8) is 0 Å². The van der Waals surface area contributed by atoms with Crippen LogP contribution in [-0.4, -0.2) is 168 Å². The summed E-state index contributed by atoms with van der Waals surface area (Å²) in [6, 6.07) is -3.80. The number of nitrogens with two attached hydrogens (primary N) is 1. The molecule has 0 aromatic carbocycles. The van der Waals surface area contributed by atoms with E-state index >= 15 is 0 Å². The number of hydrogen-bond donors (Lipinski definition) is 13. The fraction of sp³-hybridized carbons (Fsp3) is 0.956. The molecule has 2 aliphatic heterocycles. The summed E-state index contributed by atoms with van der Waals surface area (Å²) in [4.78, 5) is 68.0. The van der Waals surface area contributed by atoms with Crippen molar-refractivity contribution >= 4 is 42.9 Å². The minimum Gasteiger partial charge on any atom is -0.394 e. The zero-order chi connectivity index (χ0) is 57.0. The van der Waals surface area contributed by atoms with Gasteiger partial charge in [0.1, 0.15) is 48.7 Å². The number of phosphoric acid groups is 3. The molecule has 76 heavy (non-hydrogen) atoms. The molecule has 2 aliphatic rings. The maximum atomic E-state index is 13.5. The fourth-order valence-electron chi connectivity index (χ4n) is 8.63. The molecular formula is C45H91N3O24P4. The van der Waals surface area contributed by atoms with Gasteiger partial charge in [0.15, 0.2) is 12.6 Å². The Morgan fingerprint density at radius 3 is 1.49 bits per heavy atom. The van der Waals surface area contributed by atoms with Crippen LogP contribution in [0.25, 0.3) is 0 Å². The highest BCUT2D eigenvalue weighted by molar-refractivity contribution is 7.64. The van der Waals surface area contributed by atoms with Crippen molar-refractivity contribution in [3.8, 4) is 0 Å². The summed E-state index contributed by atoms with van der Waals surface area (Å²) in [7, 11) is -21.5. The number of aliphatic hydroxyl groups excluding tert-OH is 6. The van der Waals surface area contributed by atoms with E-state index in [0.717, 1.165) is 83.5 Å². The van der Waals surface area contributed by atoms with E-state index in [4.69, 9.17) is 29.0 Å². The Morgan fingerprint density at radius 1 is 0.579 bits per heavy atom. The Morgan fingerprint density at radius 2 is 1.03 bits per heavy atom. The fourth-order valence-corrected chi connectivity index (χ4v) is 13.7. The van der Waals surface area contributed by atoms with Crippen LogP contribution in [0.15, 0.2) is 0 Å².